The molecule has 7 nitrogen and oxygen atoms in total. The van der Waals surface area contributed by atoms with Crippen LogP contribution in [-0.2, 0) is 24.9 Å². The number of hydrogen-bond donors (Lipinski definition) is 0. The monoisotopic (exact) mass is 328 g/mol. The van der Waals surface area contributed by atoms with Gasteiger partial charge in [-0.2, -0.15) is 4.98 Å². The van der Waals surface area contributed by atoms with Crippen LogP contribution in [0.25, 0.3) is 0 Å². The van der Waals surface area contributed by atoms with Gasteiger partial charge in [-0.1, -0.05) is 30.3 Å². The molecule has 1 amide bonds. The van der Waals surface area contributed by atoms with Gasteiger partial charge in [-0.05, 0) is 5.56 Å². The summed E-state index contributed by atoms with van der Waals surface area (Å²) in [7, 11) is 4.84. The molecule has 1 aliphatic rings. The topological polar surface area (TPSA) is 67.7 Å². The van der Waals surface area contributed by atoms with E-state index < -0.39 is 0 Å². The number of fused-ring (bicyclic) bond motifs is 1. The van der Waals surface area contributed by atoms with Crippen molar-refractivity contribution in [1.82, 2.24) is 14.5 Å². The van der Waals surface area contributed by atoms with Gasteiger partial charge in [0, 0.05) is 20.6 Å². The Morgan fingerprint density at radius 1 is 1.12 bits per heavy atom. The Hall–Kier alpha value is -2.83. The third-order valence-corrected chi connectivity index (χ3v) is 4.16. The Bertz CT molecular complexity index is 817. The van der Waals surface area contributed by atoms with Crippen molar-refractivity contribution in [1.29, 1.82) is 0 Å². The van der Waals surface area contributed by atoms with Gasteiger partial charge in [0.05, 0.1) is 25.8 Å². The maximum atomic E-state index is 12.7. The van der Waals surface area contributed by atoms with E-state index in [1.807, 2.05) is 30.3 Å². The third-order valence-electron chi connectivity index (χ3n) is 4.16. The summed E-state index contributed by atoms with van der Waals surface area (Å²) in [6.45, 7) is 0.863. The van der Waals surface area contributed by atoms with Gasteiger partial charge in [-0.15, -0.1) is 0 Å². The molecule has 2 heterocycles. The van der Waals surface area contributed by atoms with Crippen LogP contribution >= 0.6 is 0 Å². The second-order valence-corrected chi connectivity index (χ2v) is 5.86. The van der Waals surface area contributed by atoms with Crippen LogP contribution in [0.1, 0.15) is 11.1 Å². The average Bonchev–Trinajstić information content (AvgIpc) is 2.69. The van der Waals surface area contributed by atoms with Crippen LogP contribution in [0, 0.1) is 0 Å². The number of amides is 1. The van der Waals surface area contributed by atoms with Crippen LogP contribution in [0.4, 0.5) is 5.82 Å². The molecule has 2 aromatic rings. The first-order valence-electron chi connectivity index (χ1n) is 7.68. The van der Waals surface area contributed by atoms with Crippen molar-refractivity contribution < 1.29 is 9.53 Å². The SMILES string of the molecule is COc1nc2c(c(=O)n1C)CN(Cc1ccccc1)C(=O)CN2C. The maximum absolute atomic E-state index is 12.7. The lowest BCUT2D eigenvalue weighted by atomic mass is 10.2. The number of ether oxygens (including phenoxy) is 1. The van der Waals surface area contributed by atoms with Crippen molar-refractivity contribution in [2.45, 2.75) is 13.1 Å². The summed E-state index contributed by atoms with van der Waals surface area (Å²) in [4.78, 5) is 33.0. The number of rotatable bonds is 3. The first-order valence-corrected chi connectivity index (χ1v) is 7.68. The highest BCUT2D eigenvalue weighted by atomic mass is 16.5. The summed E-state index contributed by atoms with van der Waals surface area (Å²) < 4.78 is 6.52. The minimum atomic E-state index is -0.198. The number of aromatic nitrogens is 2. The van der Waals surface area contributed by atoms with Crippen LogP contribution in [0.5, 0.6) is 6.01 Å². The molecule has 0 saturated carbocycles. The fraction of sp³-hybridized carbons (Fsp3) is 0.353. The summed E-state index contributed by atoms with van der Waals surface area (Å²) >= 11 is 0. The summed E-state index contributed by atoms with van der Waals surface area (Å²) in [5.41, 5.74) is 1.33. The molecule has 0 saturated heterocycles. The van der Waals surface area contributed by atoms with E-state index in [2.05, 4.69) is 4.98 Å². The lowest BCUT2D eigenvalue weighted by Crippen LogP contribution is -2.35. The molecule has 0 fully saturated rings. The summed E-state index contributed by atoms with van der Waals surface area (Å²) in [5.74, 6) is 0.458. The number of carbonyl (C=O) groups excluding carboxylic acids is 1. The van der Waals surface area contributed by atoms with Gasteiger partial charge >= 0.3 is 6.01 Å². The van der Waals surface area contributed by atoms with Crippen LogP contribution in [0.3, 0.4) is 0 Å². The molecule has 7 heteroatoms. The van der Waals surface area contributed by atoms with E-state index in [1.165, 1.54) is 11.7 Å². The number of anilines is 1. The zero-order valence-electron chi connectivity index (χ0n) is 14.0. The summed E-state index contributed by atoms with van der Waals surface area (Å²) in [5, 5.41) is 0. The standard InChI is InChI=1S/C17H20N4O3/c1-19-11-14(22)21(9-12-7-5-4-6-8-12)10-13-15(19)18-17(24-3)20(2)16(13)23/h4-8H,9-11H2,1-3H3. The van der Waals surface area contributed by atoms with Gasteiger partial charge in [0.25, 0.3) is 5.56 Å². The average molecular weight is 328 g/mol. The van der Waals surface area contributed by atoms with Crippen molar-refractivity contribution >= 4 is 11.7 Å². The van der Waals surface area contributed by atoms with Crippen LogP contribution in [0.2, 0.25) is 0 Å². The van der Waals surface area contributed by atoms with Gasteiger partial charge in [-0.3, -0.25) is 14.2 Å². The second kappa shape index (κ2) is 6.35. The molecule has 3 rings (SSSR count). The predicted octanol–water partition coefficient (Wildman–Crippen LogP) is 0.767. The molecule has 1 aromatic heterocycles. The Kier molecular flexibility index (Phi) is 4.24. The number of methoxy groups -OCH3 is 1. The summed E-state index contributed by atoms with van der Waals surface area (Å²) in [6, 6.07) is 9.96. The van der Waals surface area contributed by atoms with E-state index in [-0.39, 0.29) is 30.6 Å². The Labute approximate surface area is 140 Å². The van der Waals surface area contributed by atoms with Crippen molar-refractivity contribution in [3.63, 3.8) is 0 Å². The van der Waals surface area contributed by atoms with E-state index in [1.54, 1.807) is 23.9 Å². The number of benzene rings is 1. The molecule has 24 heavy (non-hydrogen) atoms. The second-order valence-electron chi connectivity index (χ2n) is 5.86. The first-order chi connectivity index (χ1) is 11.5. The smallest absolute Gasteiger partial charge is 0.300 e. The summed E-state index contributed by atoms with van der Waals surface area (Å²) in [6.07, 6.45) is 0. The van der Waals surface area contributed by atoms with E-state index in [9.17, 15) is 9.59 Å². The molecule has 0 aliphatic carbocycles. The van der Waals surface area contributed by atoms with Gasteiger partial charge in [0.1, 0.15) is 5.82 Å². The molecule has 0 bridgehead atoms. The van der Waals surface area contributed by atoms with E-state index >= 15 is 0 Å². The molecule has 1 aromatic carbocycles. The van der Waals surface area contributed by atoms with Crippen molar-refractivity contribution in [2.75, 3.05) is 25.6 Å². The van der Waals surface area contributed by atoms with Crippen LogP contribution < -0.4 is 15.2 Å². The number of nitrogens with zero attached hydrogens (tertiary/aromatic N) is 4. The highest BCUT2D eigenvalue weighted by Crippen LogP contribution is 2.23. The molecule has 126 valence electrons. The molecule has 0 spiro atoms. The zero-order valence-corrected chi connectivity index (χ0v) is 14.0. The van der Waals surface area contributed by atoms with Crippen LogP contribution in [0.15, 0.2) is 35.1 Å². The Morgan fingerprint density at radius 2 is 1.83 bits per heavy atom. The number of likely N-dealkylation sites (N-methyl/N-ethyl adjacent to an activating group) is 1. The normalized spacial score (nSPS) is 14.4. The Balaban J connectivity index is 2.02. The largest absolute Gasteiger partial charge is 0.468 e. The minimum absolute atomic E-state index is 0.0413. The highest BCUT2D eigenvalue weighted by molar-refractivity contribution is 5.82. The minimum Gasteiger partial charge on any atom is -0.468 e. The molecule has 0 N–H and O–H groups in total. The van der Waals surface area contributed by atoms with E-state index in [0.717, 1.165) is 5.56 Å². The van der Waals surface area contributed by atoms with Gasteiger partial charge in [0.15, 0.2) is 0 Å². The fourth-order valence-corrected chi connectivity index (χ4v) is 2.86. The third kappa shape index (κ3) is 2.84. The number of hydrogen-bond acceptors (Lipinski definition) is 5. The molecular weight excluding hydrogens is 308 g/mol. The van der Waals surface area contributed by atoms with Crippen molar-refractivity contribution in [2.24, 2.45) is 7.05 Å². The molecule has 0 radical (unpaired) electrons. The lowest BCUT2D eigenvalue weighted by Gasteiger charge is -2.20. The van der Waals surface area contributed by atoms with Crippen LogP contribution in [-0.4, -0.2) is 41.1 Å². The van der Waals surface area contributed by atoms with E-state index in [0.29, 0.717) is 17.9 Å². The molecular formula is C17H20N4O3. The molecule has 0 atom stereocenters. The first kappa shape index (κ1) is 16.0. The Morgan fingerprint density at radius 3 is 2.50 bits per heavy atom. The lowest BCUT2D eigenvalue weighted by molar-refractivity contribution is -0.130. The van der Waals surface area contributed by atoms with E-state index in [4.69, 9.17) is 4.74 Å². The fourth-order valence-electron chi connectivity index (χ4n) is 2.86. The highest BCUT2D eigenvalue weighted by Gasteiger charge is 2.28. The van der Waals surface area contributed by atoms with Gasteiger partial charge in [0.2, 0.25) is 5.91 Å². The number of carbonyl (C=O) groups is 1. The van der Waals surface area contributed by atoms with Gasteiger partial charge < -0.3 is 14.5 Å². The predicted molar refractivity (Wildman–Crippen MR) is 90.0 cm³/mol. The zero-order chi connectivity index (χ0) is 17.3. The van der Waals surface area contributed by atoms with Crippen molar-refractivity contribution in [3.05, 3.63) is 51.8 Å². The quantitative estimate of drug-likeness (QED) is 0.832. The van der Waals surface area contributed by atoms with Crippen molar-refractivity contribution in [3.8, 4) is 6.01 Å². The molecule has 0 unspecified atom stereocenters. The molecule has 1 aliphatic heterocycles. The maximum Gasteiger partial charge on any atom is 0.300 e. The van der Waals surface area contributed by atoms with Gasteiger partial charge in [-0.25, -0.2) is 0 Å².